The second-order valence-corrected chi connectivity index (χ2v) is 9.20. The molecule has 0 saturated carbocycles. The molecule has 0 aliphatic carbocycles. The van der Waals surface area contributed by atoms with Crippen molar-refractivity contribution in [3.8, 4) is 0 Å². The number of halogens is 12. The van der Waals surface area contributed by atoms with Crippen molar-refractivity contribution in [2.45, 2.75) is 38.6 Å². The van der Waals surface area contributed by atoms with Crippen LogP contribution in [-0.4, -0.2) is 17.8 Å². The molecule has 0 unspecified atom stereocenters. The monoisotopic (exact) mass is 529 g/mol. The Hall–Kier alpha value is -2.01. The van der Waals surface area contributed by atoms with E-state index in [1.165, 1.54) is 18.5 Å². The van der Waals surface area contributed by atoms with Gasteiger partial charge in [-0.3, -0.25) is 4.67 Å². The lowest BCUT2D eigenvalue weighted by Crippen LogP contribution is -2.31. The molecule has 0 N–H and O–H groups in total. The average Bonchev–Trinajstić information content (AvgIpc) is 2.68. The molecule has 0 aliphatic heterocycles. The third-order valence-corrected chi connectivity index (χ3v) is 7.27. The minimum absolute atomic E-state index is 0.0720. The van der Waals surface area contributed by atoms with Crippen molar-refractivity contribution in [2.24, 2.45) is 0 Å². The molecule has 14 heteroatoms. The first kappa shape index (κ1) is 28.2. The fraction of sp³-hybridized carbons (Fsp3) is 0.400. The first-order chi connectivity index (χ1) is 15.3. The Bertz CT molecular complexity index is 861. The van der Waals surface area contributed by atoms with Crippen LogP contribution < -0.4 is 10.6 Å². The maximum absolute atomic E-state index is 13.3. The summed E-state index contributed by atoms with van der Waals surface area (Å²) < 4.78 is 161. The Morgan fingerprint density at radius 1 is 0.500 bits per heavy atom. The van der Waals surface area contributed by atoms with E-state index in [0.717, 1.165) is 0 Å². The Morgan fingerprint density at radius 2 is 0.735 bits per heavy atom. The van der Waals surface area contributed by atoms with Crippen LogP contribution >= 0.6 is 8.07 Å². The Balaban J connectivity index is 2.94. The van der Waals surface area contributed by atoms with E-state index in [1.54, 1.807) is 0 Å². The molecular weight excluding hydrogens is 513 g/mol. The molecule has 0 amide bonds. The van der Waals surface area contributed by atoms with Gasteiger partial charge in [-0.1, -0.05) is 13.8 Å². The van der Waals surface area contributed by atoms with Crippen LogP contribution in [0.3, 0.4) is 0 Å². The van der Waals surface area contributed by atoms with Crippen LogP contribution in [0.4, 0.5) is 52.7 Å². The van der Waals surface area contributed by atoms with Crippen LogP contribution in [0.5, 0.6) is 0 Å². The molecule has 0 aliphatic rings. The van der Waals surface area contributed by atoms with E-state index >= 15 is 0 Å². The summed E-state index contributed by atoms with van der Waals surface area (Å²) in [5.74, 6) is 0. The molecule has 2 rings (SSSR count). The smallest absolute Gasteiger partial charge is 0.275 e. The molecule has 0 heterocycles. The Kier molecular flexibility index (Phi) is 7.94. The zero-order valence-corrected chi connectivity index (χ0v) is 18.2. The number of nitrogens with zero attached hydrogens (tertiary/aromatic N) is 1. The largest absolute Gasteiger partial charge is 0.416 e. The lowest BCUT2D eigenvalue weighted by Gasteiger charge is -2.32. The van der Waals surface area contributed by atoms with E-state index in [9.17, 15) is 52.7 Å². The third-order valence-electron chi connectivity index (χ3n) is 4.65. The lowest BCUT2D eigenvalue weighted by molar-refractivity contribution is -0.144. The van der Waals surface area contributed by atoms with Crippen molar-refractivity contribution in [3.63, 3.8) is 0 Å². The number of rotatable bonds is 5. The van der Waals surface area contributed by atoms with Crippen LogP contribution in [0.2, 0.25) is 0 Å². The van der Waals surface area contributed by atoms with E-state index in [1.807, 2.05) is 0 Å². The highest BCUT2D eigenvalue weighted by atomic mass is 31.1. The molecule has 1 nitrogen and oxygen atoms in total. The molecule has 0 bridgehead atoms. The summed E-state index contributed by atoms with van der Waals surface area (Å²) in [4.78, 5) is 0. The second-order valence-electron chi connectivity index (χ2n) is 6.98. The summed E-state index contributed by atoms with van der Waals surface area (Å²) >= 11 is 0. The zero-order chi connectivity index (χ0) is 26.3. The molecule has 190 valence electrons. The molecule has 0 atom stereocenters. The molecule has 0 saturated heterocycles. The van der Waals surface area contributed by atoms with Crippen LogP contribution in [0, 0.1) is 0 Å². The summed E-state index contributed by atoms with van der Waals surface area (Å²) in [6.45, 7) is 2.71. The average molecular weight is 529 g/mol. The van der Waals surface area contributed by atoms with Gasteiger partial charge in [0.15, 0.2) is 0 Å². The van der Waals surface area contributed by atoms with Gasteiger partial charge in [-0.15, -0.1) is 0 Å². The molecule has 0 spiro atoms. The van der Waals surface area contributed by atoms with Gasteiger partial charge >= 0.3 is 24.7 Å². The lowest BCUT2D eigenvalue weighted by atomic mass is 10.1. The highest BCUT2D eigenvalue weighted by Gasteiger charge is 2.40. The van der Waals surface area contributed by atoms with Gasteiger partial charge in [0.05, 0.1) is 22.3 Å². The number of alkyl halides is 12. The second kappa shape index (κ2) is 9.56. The molecular formula is C20H16F12NP. The highest BCUT2D eigenvalue weighted by Crippen LogP contribution is 2.45. The maximum Gasteiger partial charge on any atom is 0.416 e. The molecule has 0 fully saturated rings. The van der Waals surface area contributed by atoms with Crippen molar-refractivity contribution in [3.05, 3.63) is 58.7 Å². The minimum atomic E-state index is -5.24. The fourth-order valence-electron chi connectivity index (χ4n) is 3.10. The first-order valence-corrected chi connectivity index (χ1v) is 10.7. The number of hydrogen-bond donors (Lipinski definition) is 0. The van der Waals surface area contributed by atoms with Crippen LogP contribution in [0.15, 0.2) is 36.4 Å². The van der Waals surface area contributed by atoms with E-state index in [2.05, 4.69) is 0 Å². The topological polar surface area (TPSA) is 3.24 Å². The van der Waals surface area contributed by atoms with Gasteiger partial charge in [0, 0.05) is 8.07 Å². The van der Waals surface area contributed by atoms with Gasteiger partial charge in [0.1, 0.15) is 0 Å². The predicted octanol–water partition coefficient (Wildman–Crippen LogP) is 7.45. The van der Waals surface area contributed by atoms with Crippen molar-refractivity contribution in [2.75, 3.05) is 13.1 Å². The standard InChI is InChI=1S/C20H16F12NP/c1-3-33(4-2)34(15-7-11(17(21,22)23)5-12(8-15)18(24,25)26)16-9-13(19(27,28)29)6-14(10-16)20(30,31)32/h5-10H,3-4H2,1-2H3. The summed E-state index contributed by atoms with van der Waals surface area (Å²) in [5, 5.41) is -1.37. The summed E-state index contributed by atoms with van der Waals surface area (Å²) in [6, 6.07) is 0.984. The molecule has 34 heavy (non-hydrogen) atoms. The molecule has 2 aromatic carbocycles. The Morgan fingerprint density at radius 3 is 0.912 bits per heavy atom. The van der Waals surface area contributed by atoms with Crippen molar-refractivity contribution in [1.82, 2.24) is 4.67 Å². The van der Waals surface area contributed by atoms with Crippen LogP contribution in [0.25, 0.3) is 0 Å². The number of benzene rings is 2. The van der Waals surface area contributed by atoms with Gasteiger partial charge in [-0.25, -0.2) is 0 Å². The van der Waals surface area contributed by atoms with Gasteiger partial charge in [0.25, 0.3) is 0 Å². The highest BCUT2D eigenvalue weighted by molar-refractivity contribution is 7.70. The third kappa shape index (κ3) is 6.56. The Labute approximate surface area is 187 Å². The van der Waals surface area contributed by atoms with Gasteiger partial charge in [0.2, 0.25) is 0 Å². The summed E-state index contributed by atoms with van der Waals surface area (Å²) in [5.41, 5.74) is -6.89. The summed E-state index contributed by atoms with van der Waals surface area (Å²) in [7, 11) is -2.63. The van der Waals surface area contributed by atoms with Crippen molar-refractivity contribution >= 4 is 18.7 Å². The molecule has 2 aromatic rings. The molecule has 0 aromatic heterocycles. The van der Waals surface area contributed by atoms with E-state index in [-0.39, 0.29) is 25.2 Å². The van der Waals surface area contributed by atoms with Gasteiger partial charge < -0.3 is 0 Å². The first-order valence-electron chi connectivity index (χ1n) is 9.43. The van der Waals surface area contributed by atoms with Crippen LogP contribution in [-0.2, 0) is 24.7 Å². The zero-order valence-electron chi connectivity index (χ0n) is 17.3. The quantitative estimate of drug-likeness (QED) is 0.287. The fourth-order valence-corrected chi connectivity index (χ4v) is 5.67. The minimum Gasteiger partial charge on any atom is -0.275 e. The summed E-state index contributed by atoms with van der Waals surface area (Å²) in [6.07, 6.45) is -21.0. The van der Waals surface area contributed by atoms with E-state index < -0.39 is 65.6 Å². The van der Waals surface area contributed by atoms with Crippen molar-refractivity contribution in [1.29, 1.82) is 0 Å². The molecule has 0 radical (unpaired) electrons. The maximum atomic E-state index is 13.3. The predicted molar refractivity (Wildman–Crippen MR) is 102 cm³/mol. The number of hydrogen-bond acceptors (Lipinski definition) is 1. The van der Waals surface area contributed by atoms with Crippen molar-refractivity contribution < 1.29 is 52.7 Å². The van der Waals surface area contributed by atoms with E-state index in [0.29, 0.717) is 24.3 Å². The van der Waals surface area contributed by atoms with Gasteiger partial charge in [-0.05, 0) is 60.1 Å². The normalized spacial score (nSPS) is 13.8. The van der Waals surface area contributed by atoms with Crippen LogP contribution in [0.1, 0.15) is 36.1 Å². The van der Waals surface area contributed by atoms with E-state index in [4.69, 9.17) is 0 Å². The van der Waals surface area contributed by atoms with Gasteiger partial charge in [-0.2, -0.15) is 52.7 Å². The SMILES string of the molecule is CCN(CC)P(c1cc(C(F)(F)F)cc(C(F)(F)F)c1)c1cc(C(F)(F)F)cc(C(F)(F)F)c1.